The highest BCUT2D eigenvalue weighted by atomic mass is 19.1. The van der Waals surface area contributed by atoms with Crippen LogP contribution in [0.15, 0.2) is 54.7 Å². The molecular weight excluding hydrogens is 481 g/mol. The third-order valence-corrected chi connectivity index (χ3v) is 6.21. The molecule has 1 aromatic heterocycles. The van der Waals surface area contributed by atoms with Crippen LogP contribution in [0.25, 0.3) is 11.3 Å². The van der Waals surface area contributed by atoms with Crippen molar-refractivity contribution in [2.45, 2.75) is 58.3 Å². The third-order valence-electron chi connectivity index (χ3n) is 6.21. The highest BCUT2D eigenvalue weighted by molar-refractivity contribution is 5.81. The van der Waals surface area contributed by atoms with Gasteiger partial charge in [-0.2, -0.15) is 0 Å². The molecule has 3 rings (SSSR count). The quantitative estimate of drug-likeness (QED) is 0.368. The summed E-state index contributed by atoms with van der Waals surface area (Å²) in [6.45, 7) is 5.17. The summed E-state index contributed by atoms with van der Waals surface area (Å²) >= 11 is 0. The zero-order valence-electron chi connectivity index (χ0n) is 21.7. The summed E-state index contributed by atoms with van der Waals surface area (Å²) in [6.07, 6.45) is 1.48. The van der Waals surface area contributed by atoms with E-state index >= 15 is 0 Å². The number of nitrogens with zero attached hydrogens (tertiary/aromatic N) is 2. The SMILES string of the molecule is COC(CC[C@H](N)CF)C(=O)N[C@@H](c1nc(-c2ccccc2)cn1Cc1cc(F)ccc1F)C(C)(C)C. The lowest BCUT2D eigenvalue weighted by Crippen LogP contribution is -2.44. The summed E-state index contributed by atoms with van der Waals surface area (Å²) in [5.74, 6) is -0.987. The summed E-state index contributed by atoms with van der Waals surface area (Å²) in [4.78, 5) is 18.1. The Morgan fingerprint density at radius 3 is 2.46 bits per heavy atom. The molecule has 1 unspecified atom stereocenters. The standard InChI is InChI=1S/C28H35F3N4O2/c1-28(2,3)25(34-27(36)24(37-4)13-11-21(32)15-29)26-33-23(18-8-6-5-7-9-18)17-35(26)16-19-14-20(30)10-12-22(19)31/h5-10,12,14,17,21,24-25H,11,13,15-16,32H2,1-4H3,(H,34,36)/t21-,24?,25-/m0/s1. The predicted octanol–water partition coefficient (Wildman–Crippen LogP) is 5.17. The van der Waals surface area contributed by atoms with Gasteiger partial charge in [0.15, 0.2) is 0 Å². The number of nitrogens with two attached hydrogens (primary N) is 1. The van der Waals surface area contributed by atoms with Crippen LogP contribution in [0.4, 0.5) is 13.2 Å². The van der Waals surface area contributed by atoms with E-state index in [0.29, 0.717) is 11.5 Å². The fourth-order valence-corrected chi connectivity index (χ4v) is 4.09. The van der Waals surface area contributed by atoms with Gasteiger partial charge in [-0.1, -0.05) is 51.1 Å². The van der Waals surface area contributed by atoms with Gasteiger partial charge in [0.1, 0.15) is 30.2 Å². The van der Waals surface area contributed by atoms with Gasteiger partial charge in [-0.3, -0.25) is 4.79 Å². The van der Waals surface area contributed by atoms with Crippen LogP contribution < -0.4 is 11.1 Å². The van der Waals surface area contributed by atoms with E-state index in [9.17, 15) is 18.0 Å². The van der Waals surface area contributed by atoms with Crippen LogP contribution in [0.3, 0.4) is 0 Å². The molecule has 37 heavy (non-hydrogen) atoms. The Balaban J connectivity index is 2.01. The number of aromatic nitrogens is 2. The van der Waals surface area contributed by atoms with E-state index in [2.05, 4.69) is 5.32 Å². The summed E-state index contributed by atoms with van der Waals surface area (Å²) in [6, 6.07) is 11.5. The molecule has 3 aromatic rings. The number of ether oxygens (including phenoxy) is 1. The van der Waals surface area contributed by atoms with E-state index in [4.69, 9.17) is 15.5 Å². The van der Waals surface area contributed by atoms with Crippen molar-refractivity contribution in [1.29, 1.82) is 0 Å². The van der Waals surface area contributed by atoms with E-state index in [-0.39, 0.29) is 30.9 Å². The Morgan fingerprint density at radius 1 is 1.14 bits per heavy atom. The van der Waals surface area contributed by atoms with Crippen molar-refractivity contribution in [3.63, 3.8) is 0 Å². The van der Waals surface area contributed by atoms with Crippen molar-refractivity contribution >= 4 is 5.91 Å². The van der Waals surface area contributed by atoms with Crippen molar-refractivity contribution in [1.82, 2.24) is 14.9 Å². The van der Waals surface area contributed by atoms with Gasteiger partial charge >= 0.3 is 0 Å². The lowest BCUT2D eigenvalue weighted by Gasteiger charge is -2.32. The number of halogens is 3. The molecule has 0 saturated carbocycles. The average molecular weight is 517 g/mol. The number of alkyl halides is 1. The molecule has 9 heteroatoms. The topological polar surface area (TPSA) is 82.2 Å². The number of imidazole rings is 1. The van der Waals surface area contributed by atoms with Crippen molar-refractivity contribution in [2.24, 2.45) is 11.1 Å². The first-order chi connectivity index (χ1) is 17.5. The van der Waals surface area contributed by atoms with Crippen molar-refractivity contribution in [3.05, 3.63) is 77.8 Å². The van der Waals surface area contributed by atoms with Crippen LogP contribution in [-0.2, 0) is 16.1 Å². The van der Waals surface area contributed by atoms with Gasteiger partial charge in [0.2, 0.25) is 5.91 Å². The molecule has 0 aliphatic heterocycles. The highest BCUT2D eigenvalue weighted by Gasteiger charge is 2.34. The number of hydrogen-bond acceptors (Lipinski definition) is 4. The Morgan fingerprint density at radius 2 is 1.84 bits per heavy atom. The maximum absolute atomic E-state index is 14.6. The second-order valence-electron chi connectivity index (χ2n) is 10.2. The second-order valence-corrected chi connectivity index (χ2v) is 10.2. The van der Waals surface area contributed by atoms with E-state index in [0.717, 1.165) is 23.8 Å². The molecule has 0 aliphatic carbocycles. The molecule has 1 heterocycles. The molecule has 6 nitrogen and oxygen atoms in total. The van der Waals surface area contributed by atoms with Crippen LogP contribution >= 0.6 is 0 Å². The van der Waals surface area contributed by atoms with Crippen LogP contribution in [-0.4, -0.2) is 41.4 Å². The number of benzene rings is 2. The zero-order chi connectivity index (χ0) is 27.2. The van der Waals surface area contributed by atoms with Gasteiger partial charge < -0.3 is 20.4 Å². The monoisotopic (exact) mass is 516 g/mol. The fourth-order valence-electron chi connectivity index (χ4n) is 4.09. The minimum absolute atomic E-state index is 0.0142. The summed E-state index contributed by atoms with van der Waals surface area (Å²) in [7, 11) is 1.42. The zero-order valence-corrected chi connectivity index (χ0v) is 21.7. The molecular formula is C28H35F3N4O2. The van der Waals surface area contributed by atoms with E-state index in [1.165, 1.54) is 7.11 Å². The molecule has 3 atom stereocenters. The maximum Gasteiger partial charge on any atom is 0.249 e. The molecule has 1 amide bonds. The Labute approximate surface area is 216 Å². The Kier molecular flexibility index (Phi) is 9.50. The molecule has 0 saturated heterocycles. The van der Waals surface area contributed by atoms with Gasteiger partial charge in [-0.25, -0.2) is 18.2 Å². The van der Waals surface area contributed by atoms with E-state index < -0.39 is 41.9 Å². The van der Waals surface area contributed by atoms with Crippen molar-refractivity contribution in [3.8, 4) is 11.3 Å². The molecule has 0 radical (unpaired) electrons. The first kappa shape index (κ1) is 28.4. The fraction of sp³-hybridized carbons (Fsp3) is 0.429. The Bertz CT molecular complexity index is 1180. The Hall–Kier alpha value is -3.17. The summed E-state index contributed by atoms with van der Waals surface area (Å²) in [5, 5.41) is 3.03. The van der Waals surface area contributed by atoms with E-state index in [1.54, 1.807) is 10.8 Å². The second kappa shape index (κ2) is 12.4. The first-order valence-corrected chi connectivity index (χ1v) is 12.2. The number of carbonyl (C=O) groups is 1. The molecule has 0 fully saturated rings. The van der Waals surface area contributed by atoms with Crippen molar-refractivity contribution in [2.75, 3.05) is 13.8 Å². The highest BCUT2D eigenvalue weighted by Crippen LogP contribution is 2.34. The van der Waals surface area contributed by atoms with Crippen LogP contribution in [0.2, 0.25) is 0 Å². The summed E-state index contributed by atoms with van der Waals surface area (Å²) in [5.41, 5.74) is 6.80. The number of methoxy groups -OCH3 is 1. The van der Waals surface area contributed by atoms with E-state index in [1.807, 2.05) is 51.1 Å². The average Bonchev–Trinajstić information content (AvgIpc) is 3.27. The van der Waals surface area contributed by atoms with Gasteiger partial charge in [0.05, 0.1) is 18.3 Å². The molecule has 200 valence electrons. The third kappa shape index (κ3) is 7.42. The van der Waals surface area contributed by atoms with Crippen molar-refractivity contribution < 1.29 is 22.7 Å². The normalized spacial score (nSPS) is 14.3. The maximum atomic E-state index is 14.6. The molecule has 0 aliphatic rings. The number of nitrogens with one attached hydrogen (secondary N) is 1. The summed E-state index contributed by atoms with van der Waals surface area (Å²) < 4.78 is 48.4. The van der Waals surface area contributed by atoms with Crippen LogP contribution in [0, 0.1) is 17.0 Å². The minimum atomic E-state index is -0.833. The number of amides is 1. The predicted molar refractivity (Wildman–Crippen MR) is 137 cm³/mol. The minimum Gasteiger partial charge on any atom is -0.372 e. The lowest BCUT2D eigenvalue weighted by atomic mass is 9.85. The molecule has 2 aromatic carbocycles. The van der Waals surface area contributed by atoms with Gasteiger partial charge in [0, 0.05) is 30.5 Å². The van der Waals surface area contributed by atoms with Gasteiger partial charge in [-0.15, -0.1) is 0 Å². The number of hydrogen-bond donors (Lipinski definition) is 2. The molecule has 0 bridgehead atoms. The van der Waals surface area contributed by atoms with Crippen LogP contribution in [0.5, 0.6) is 0 Å². The first-order valence-electron chi connectivity index (χ1n) is 12.2. The molecule has 0 spiro atoms. The molecule has 3 N–H and O–H groups in total. The number of carbonyl (C=O) groups excluding carboxylic acids is 1. The van der Waals surface area contributed by atoms with Gasteiger partial charge in [0.25, 0.3) is 0 Å². The smallest absolute Gasteiger partial charge is 0.249 e. The van der Waals surface area contributed by atoms with Gasteiger partial charge in [-0.05, 0) is 36.5 Å². The van der Waals surface area contributed by atoms with Crippen LogP contribution in [0.1, 0.15) is 51.0 Å². The number of rotatable bonds is 11. The lowest BCUT2D eigenvalue weighted by molar-refractivity contribution is -0.133. The largest absolute Gasteiger partial charge is 0.372 e.